The van der Waals surface area contributed by atoms with Gasteiger partial charge in [0.15, 0.2) is 0 Å². The van der Waals surface area contributed by atoms with Crippen molar-refractivity contribution in [3.8, 4) is 11.4 Å². The highest BCUT2D eigenvalue weighted by molar-refractivity contribution is 7.89. The van der Waals surface area contributed by atoms with Crippen LogP contribution in [0.15, 0.2) is 77.7 Å². The number of aromatic amines is 1. The first-order chi connectivity index (χ1) is 15.9. The summed E-state index contributed by atoms with van der Waals surface area (Å²) in [4.78, 5) is 20.9. The molecule has 5 rings (SSSR count). The largest absolute Gasteiger partial charge is 0.338 e. The Morgan fingerprint density at radius 3 is 2.67 bits per heavy atom. The first-order valence-electron chi connectivity index (χ1n) is 10.9. The van der Waals surface area contributed by atoms with Crippen LogP contribution in [0.1, 0.15) is 18.4 Å². The number of anilines is 1. The summed E-state index contributed by atoms with van der Waals surface area (Å²) in [6, 6.07) is 21.2. The van der Waals surface area contributed by atoms with E-state index in [1.165, 1.54) is 4.31 Å². The van der Waals surface area contributed by atoms with Gasteiger partial charge in [0.25, 0.3) is 0 Å². The number of H-pyrrole nitrogens is 1. The van der Waals surface area contributed by atoms with Gasteiger partial charge in [-0.05, 0) is 55.7 Å². The van der Waals surface area contributed by atoms with E-state index in [0.717, 1.165) is 11.1 Å². The van der Waals surface area contributed by atoms with Crippen molar-refractivity contribution in [2.75, 3.05) is 11.9 Å². The van der Waals surface area contributed by atoms with Gasteiger partial charge in [0.2, 0.25) is 15.9 Å². The van der Waals surface area contributed by atoms with Crippen LogP contribution in [0.5, 0.6) is 0 Å². The van der Waals surface area contributed by atoms with Gasteiger partial charge in [0.05, 0.1) is 15.9 Å². The predicted molar refractivity (Wildman–Crippen MR) is 128 cm³/mol. The molecule has 2 heterocycles. The molecule has 0 spiro atoms. The van der Waals surface area contributed by atoms with Crippen molar-refractivity contribution in [3.63, 3.8) is 0 Å². The monoisotopic (exact) mass is 460 g/mol. The molecule has 1 aliphatic rings. The molecule has 168 valence electrons. The van der Waals surface area contributed by atoms with Gasteiger partial charge >= 0.3 is 0 Å². The number of carbonyl (C=O) groups is 1. The number of hydrogen-bond donors (Lipinski definition) is 2. The number of sulfonamides is 1. The molecular formula is C25H24N4O3S. The van der Waals surface area contributed by atoms with Crippen molar-refractivity contribution >= 4 is 32.7 Å². The summed E-state index contributed by atoms with van der Waals surface area (Å²) in [5.41, 5.74) is 3.92. The first kappa shape index (κ1) is 21.4. The third kappa shape index (κ3) is 4.15. The summed E-state index contributed by atoms with van der Waals surface area (Å²) in [5.74, 6) is 0.368. The summed E-state index contributed by atoms with van der Waals surface area (Å²) >= 11 is 0. The molecule has 33 heavy (non-hydrogen) atoms. The molecule has 1 amide bonds. The number of nitrogens with zero attached hydrogens (tertiary/aromatic N) is 2. The van der Waals surface area contributed by atoms with Crippen LogP contribution in [-0.2, 0) is 14.8 Å². The fourth-order valence-corrected chi connectivity index (χ4v) is 5.94. The normalized spacial score (nSPS) is 16.8. The van der Waals surface area contributed by atoms with E-state index in [2.05, 4.69) is 15.3 Å². The van der Waals surface area contributed by atoms with Crippen LogP contribution in [0.2, 0.25) is 0 Å². The molecule has 0 radical (unpaired) electrons. The Balaban J connectivity index is 1.42. The number of fused-ring (bicyclic) bond motifs is 1. The Morgan fingerprint density at radius 2 is 1.88 bits per heavy atom. The van der Waals surface area contributed by atoms with Gasteiger partial charge in [-0.3, -0.25) is 4.79 Å². The quantitative estimate of drug-likeness (QED) is 0.463. The van der Waals surface area contributed by atoms with E-state index in [1.807, 2.05) is 55.5 Å². The van der Waals surface area contributed by atoms with Gasteiger partial charge in [-0.15, -0.1) is 0 Å². The van der Waals surface area contributed by atoms with E-state index in [9.17, 15) is 13.2 Å². The van der Waals surface area contributed by atoms with Gasteiger partial charge in [0.1, 0.15) is 11.9 Å². The Kier molecular flexibility index (Phi) is 5.47. The minimum Gasteiger partial charge on any atom is -0.338 e. The Morgan fingerprint density at radius 1 is 1.06 bits per heavy atom. The second kappa shape index (κ2) is 8.46. The maximum Gasteiger partial charge on any atom is 0.243 e. The zero-order valence-electron chi connectivity index (χ0n) is 18.2. The summed E-state index contributed by atoms with van der Waals surface area (Å²) in [5, 5.41) is 2.87. The average Bonchev–Trinajstić information content (AvgIpc) is 3.47. The first-order valence-corrected chi connectivity index (χ1v) is 12.3. The van der Waals surface area contributed by atoms with Gasteiger partial charge in [0, 0.05) is 17.8 Å². The zero-order chi connectivity index (χ0) is 23.0. The molecule has 1 fully saturated rings. The van der Waals surface area contributed by atoms with Crippen LogP contribution in [-0.4, -0.2) is 41.2 Å². The molecular weight excluding hydrogens is 436 g/mol. The van der Waals surface area contributed by atoms with Crippen molar-refractivity contribution in [2.45, 2.75) is 30.7 Å². The van der Waals surface area contributed by atoms with E-state index in [4.69, 9.17) is 0 Å². The summed E-state index contributed by atoms with van der Waals surface area (Å²) in [7, 11) is -3.86. The number of aromatic nitrogens is 2. The number of hydrogen-bond acceptors (Lipinski definition) is 4. The molecule has 0 bridgehead atoms. The number of aryl methyl sites for hydroxylation is 1. The van der Waals surface area contributed by atoms with Crippen molar-refractivity contribution in [1.29, 1.82) is 0 Å². The van der Waals surface area contributed by atoms with E-state index < -0.39 is 16.1 Å². The van der Waals surface area contributed by atoms with Crippen molar-refractivity contribution in [3.05, 3.63) is 78.4 Å². The second-order valence-corrected chi connectivity index (χ2v) is 10.2. The molecule has 0 aliphatic carbocycles. The van der Waals surface area contributed by atoms with Gasteiger partial charge in [-0.2, -0.15) is 4.31 Å². The van der Waals surface area contributed by atoms with Crippen LogP contribution in [0.4, 0.5) is 5.69 Å². The molecule has 3 aromatic carbocycles. The van der Waals surface area contributed by atoms with E-state index >= 15 is 0 Å². The highest BCUT2D eigenvalue weighted by Crippen LogP contribution is 2.29. The van der Waals surface area contributed by atoms with E-state index in [0.29, 0.717) is 41.9 Å². The SMILES string of the molecule is Cc1cccc(NC(=O)[C@H]2CCCN2S(=O)(=O)c2ccc3nc(-c4ccccc4)[nH]c3c2)c1. The van der Waals surface area contributed by atoms with Crippen molar-refractivity contribution in [1.82, 2.24) is 14.3 Å². The smallest absolute Gasteiger partial charge is 0.243 e. The van der Waals surface area contributed by atoms with E-state index in [1.54, 1.807) is 24.3 Å². The van der Waals surface area contributed by atoms with Gasteiger partial charge in [-0.1, -0.05) is 42.5 Å². The minimum absolute atomic E-state index is 0.147. The van der Waals surface area contributed by atoms with Crippen LogP contribution in [0.3, 0.4) is 0 Å². The third-order valence-corrected chi connectivity index (χ3v) is 7.80. The molecule has 1 aliphatic heterocycles. The second-order valence-electron chi connectivity index (χ2n) is 8.26. The lowest BCUT2D eigenvalue weighted by molar-refractivity contribution is -0.119. The van der Waals surface area contributed by atoms with Crippen LogP contribution >= 0.6 is 0 Å². The maximum atomic E-state index is 13.5. The Labute approximate surface area is 192 Å². The highest BCUT2D eigenvalue weighted by Gasteiger charge is 2.39. The lowest BCUT2D eigenvalue weighted by Gasteiger charge is -2.23. The average molecular weight is 461 g/mol. The fraction of sp³-hybridized carbons (Fsp3) is 0.200. The van der Waals surface area contributed by atoms with Crippen LogP contribution in [0.25, 0.3) is 22.4 Å². The number of imidazole rings is 1. The van der Waals surface area contributed by atoms with Crippen molar-refractivity contribution < 1.29 is 13.2 Å². The number of carbonyl (C=O) groups excluding carboxylic acids is 1. The Hall–Kier alpha value is -3.49. The lowest BCUT2D eigenvalue weighted by atomic mass is 10.2. The minimum atomic E-state index is -3.86. The van der Waals surface area contributed by atoms with Gasteiger partial charge < -0.3 is 10.3 Å². The molecule has 2 N–H and O–H groups in total. The lowest BCUT2D eigenvalue weighted by Crippen LogP contribution is -2.43. The molecule has 1 aromatic heterocycles. The summed E-state index contributed by atoms with van der Waals surface area (Å²) in [6.45, 7) is 2.25. The predicted octanol–water partition coefficient (Wildman–Crippen LogP) is 4.33. The highest BCUT2D eigenvalue weighted by atomic mass is 32.2. The number of benzene rings is 3. The molecule has 4 aromatic rings. The van der Waals surface area contributed by atoms with Gasteiger partial charge in [-0.25, -0.2) is 13.4 Å². The van der Waals surface area contributed by atoms with Crippen LogP contribution in [0, 0.1) is 6.92 Å². The Bertz CT molecular complexity index is 1430. The van der Waals surface area contributed by atoms with Crippen LogP contribution < -0.4 is 5.32 Å². The molecule has 7 nitrogen and oxygen atoms in total. The fourth-order valence-electron chi connectivity index (χ4n) is 4.26. The summed E-state index contributed by atoms with van der Waals surface area (Å²) < 4.78 is 28.3. The van der Waals surface area contributed by atoms with Crippen molar-refractivity contribution in [2.24, 2.45) is 0 Å². The molecule has 0 saturated carbocycles. The van der Waals surface area contributed by atoms with E-state index in [-0.39, 0.29) is 10.8 Å². The molecule has 0 unspecified atom stereocenters. The number of nitrogens with one attached hydrogen (secondary N) is 2. The summed E-state index contributed by atoms with van der Waals surface area (Å²) in [6.07, 6.45) is 1.12. The number of rotatable bonds is 5. The zero-order valence-corrected chi connectivity index (χ0v) is 19.0. The molecule has 1 atom stereocenters. The maximum absolute atomic E-state index is 13.5. The molecule has 1 saturated heterocycles. The topological polar surface area (TPSA) is 95.2 Å². The third-order valence-electron chi connectivity index (χ3n) is 5.90. The molecule has 8 heteroatoms. The standard InChI is InChI=1S/C25H24N4O3S/c1-17-7-5-10-19(15-17)26-25(30)23-11-6-14-29(23)33(31,32)20-12-13-21-22(16-20)28-24(27-21)18-8-3-2-4-9-18/h2-5,7-10,12-13,15-16,23H,6,11,14H2,1H3,(H,26,30)(H,27,28)/t23-/m1/s1. The number of amides is 1.